The van der Waals surface area contributed by atoms with Gasteiger partial charge in [-0.1, -0.05) is 48.5 Å². The van der Waals surface area contributed by atoms with E-state index in [2.05, 4.69) is 0 Å². The van der Waals surface area contributed by atoms with Crippen LogP contribution in [0.5, 0.6) is 0 Å². The molecule has 1 aliphatic heterocycles. The molecule has 2 aromatic rings. The Kier molecular flexibility index (Phi) is 3.84. The maximum atomic E-state index is 13.2. The van der Waals surface area contributed by atoms with Crippen LogP contribution < -0.4 is 0 Å². The molecule has 0 unspecified atom stereocenters. The monoisotopic (exact) mass is 377 g/mol. The molecule has 3 aliphatic carbocycles. The molecule has 1 heterocycles. The minimum atomic E-state index is -0.604. The Bertz CT molecular complexity index is 884. The van der Waals surface area contributed by atoms with Gasteiger partial charge in [-0.05, 0) is 29.2 Å². The summed E-state index contributed by atoms with van der Waals surface area (Å²) >= 11 is 0. The molecular weight excluding hydrogens is 358 g/mol. The number of hydroxylamine groups is 2. The molecule has 2 aromatic carbocycles. The molecule has 2 amide bonds. The largest absolute Gasteiger partial charge is 0.464 e. The number of imide groups is 1. The van der Waals surface area contributed by atoms with Crippen molar-refractivity contribution in [2.75, 3.05) is 13.2 Å². The molecule has 142 valence electrons. The van der Waals surface area contributed by atoms with Gasteiger partial charge in [0.2, 0.25) is 0 Å². The molecule has 2 bridgehead atoms. The molecular formula is C22H19NO5. The fourth-order valence-electron chi connectivity index (χ4n) is 5.10. The van der Waals surface area contributed by atoms with Crippen molar-refractivity contribution in [1.29, 1.82) is 0 Å². The SMILES string of the molecule is CCOC(=O)CON1C(=O)[C@H]2C3c4ccccc4C(c4ccccc43)[C@@H]2C1=O. The Morgan fingerprint density at radius 2 is 1.29 bits per heavy atom. The minimum Gasteiger partial charge on any atom is -0.464 e. The van der Waals surface area contributed by atoms with Crippen molar-refractivity contribution in [3.8, 4) is 0 Å². The van der Waals surface area contributed by atoms with Crippen LogP contribution in [0.25, 0.3) is 0 Å². The second kappa shape index (κ2) is 6.27. The maximum Gasteiger partial charge on any atom is 0.334 e. The van der Waals surface area contributed by atoms with Gasteiger partial charge in [-0.25, -0.2) is 4.79 Å². The lowest BCUT2D eigenvalue weighted by atomic mass is 9.55. The van der Waals surface area contributed by atoms with Gasteiger partial charge in [0.05, 0.1) is 18.4 Å². The summed E-state index contributed by atoms with van der Waals surface area (Å²) in [7, 11) is 0. The molecule has 0 radical (unpaired) electrons. The van der Waals surface area contributed by atoms with Crippen LogP contribution in [-0.4, -0.2) is 36.1 Å². The number of hydrogen-bond acceptors (Lipinski definition) is 5. The second-order valence-corrected chi connectivity index (χ2v) is 7.31. The van der Waals surface area contributed by atoms with E-state index in [0.29, 0.717) is 0 Å². The van der Waals surface area contributed by atoms with Gasteiger partial charge in [0.25, 0.3) is 11.8 Å². The van der Waals surface area contributed by atoms with Crippen LogP contribution >= 0.6 is 0 Å². The summed E-state index contributed by atoms with van der Waals surface area (Å²) in [5.74, 6) is -2.75. The molecule has 1 fully saturated rings. The third-order valence-electron chi connectivity index (χ3n) is 6.02. The van der Waals surface area contributed by atoms with E-state index in [1.54, 1.807) is 6.92 Å². The molecule has 4 aliphatic rings. The van der Waals surface area contributed by atoms with Crippen LogP contribution in [0.15, 0.2) is 48.5 Å². The molecule has 1 saturated heterocycles. The average molecular weight is 377 g/mol. The van der Waals surface area contributed by atoms with Crippen molar-refractivity contribution < 1.29 is 24.0 Å². The van der Waals surface area contributed by atoms with Crippen LogP contribution in [0, 0.1) is 11.8 Å². The average Bonchev–Trinajstić information content (AvgIpc) is 2.97. The van der Waals surface area contributed by atoms with Crippen molar-refractivity contribution in [3.05, 3.63) is 70.8 Å². The van der Waals surface area contributed by atoms with E-state index in [-0.39, 0.29) is 30.3 Å². The standard InChI is InChI=1S/C22H19NO5/c1-2-27-16(24)11-28-23-21(25)19-17-12-7-3-4-8-13(12)18(20(19)22(23)26)15-10-6-5-9-14(15)17/h3-10,17-20H,2,11H2,1H3/t17?,18?,19-,20-/m0/s1. The fourth-order valence-corrected chi connectivity index (χ4v) is 5.10. The molecule has 6 heteroatoms. The lowest BCUT2D eigenvalue weighted by molar-refractivity contribution is -0.195. The number of esters is 1. The predicted octanol–water partition coefficient (Wildman–Crippen LogP) is 2.37. The molecule has 28 heavy (non-hydrogen) atoms. The van der Waals surface area contributed by atoms with Crippen LogP contribution in [0.3, 0.4) is 0 Å². The van der Waals surface area contributed by atoms with Crippen molar-refractivity contribution in [3.63, 3.8) is 0 Å². The number of hydrogen-bond donors (Lipinski definition) is 0. The zero-order valence-electron chi connectivity index (χ0n) is 15.3. The molecule has 6 nitrogen and oxygen atoms in total. The van der Waals surface area contributed by atoms with Crippen molar-refractivity contribution in [1.82, 2.24) is 5.06 Å². The summed E-state index contributed by atoms with van der Waals surface area (Å²) in [5.41, 5.74) is 4.39. The maximum absolute atomic E-state index is 13.2. The van der Waals surface area contributed by atoms with Gasteiger partial charge < -0.3 is 4.74 Å². The quantitative estimate of drug-likeness (QED) is 0.604. The van der Waals surface area contributed by atoms with Crippen molar-refractivity contribution in [2.24, 2.45) is 11.8 Å². The van der Waals surface area contributed by atoms with E-state index in [0.717, 1.165) is 27.3 Å². The Hall–Kier alpha value is -2.99. The topological polar surface area (TPSA) is 72.9 Å². The Labute approximate surface area is 162 Å². The zero-order valence-corrected chi connectivity index (χ0v) is 15.3. The summed E-state index contributed by atoms with van der Waals surface area (Å²) in [5, 5.41) is 0.796. The molecule has 0 aromatic heterocycles. The highest BCUT2D eigenvalue weighted by molar-refractivity contribution is 6.06. The van der Waals surface area contributed by atoms with Crippen LogP contribution in [0.1, 0.15) is 41.0 Å². The van der Waals surface area contributed by atoms with Crippen LogP contribution in [0.2, 0.25) is 0 Å². The highest BCUT2D eigenvalue weighted by Crippen LogP contribution is 2.60. The van der Waals surface area contributed by atoms with Gasteiger partial charge in [0.15, 0.2) is 6.61 Å². The first-order valence-electron chi connectivity index (χ1n) is 9.47. The Morgan fingerprint density at radius 3 is 1.68 bits per heavy atom. The first-order valence-corrected chi connectivity index (χ1v) is 9.47. The first-order chi connectivity index (χ1) is 13.6. The Morgan fingerprint density at radius 1 is 0.857 bits per heavy atom. The van der Waals surface area contributed by atoms with E-state index < -0.39 is 24.4 Å². The third kappa shape index (κ3) is 2.21. The lowest BCUT2D eigenvalue weighted by Crippen LogP contribution is -2.41. The number of ether oxygens (including phenoxy) is 1. The molecule has 0 spiro atoms. The highest BCUT2D eigenvalue weighted by atomic mass is 16.7. The van der Waals surface area contributed by atoms with Gasteiger partial charge in [0.1, 0.15) is 0 Å². The zero-order chi connectivity index (χ0) is 19.4. The number of nitrogens with zero attached hydrogens (tertiary/aromatic N) is 1. The predicted molar refractivity (Wildman–Crippen MR) is 98.0 cm³/mol. The summed E-state index contributed by atoms with van der Waals surface area (Å²) in [6.07, 6.45) is 0. The van der Waals surface area contributed by atoms with Gasteiger partial charge in [-0.3, -0.25) is 14.4 Å². The minimum absolute atomic E-state index is 0.185. The van der Waals surface area contributed by atoms with Gasteiger partial charge in [0, 0.05) is 11.8 Å². The smallest absolute Gasteiger partial charge is 0.334 e. The van der Waals surface area contributed by atoms with Gasteiger partial charge in [-0.2, -0.15) is 5.06 Å². The fraction of sp³-hybridized carbons (Fsp3) is 0.318. The molecule has 6 rings (SSSR count). The summed E-state index contributed by atoms with van der Waals surface area (Å²) in [6.45, 7) is 1.44. The van der Waals surface area contributed by atoms with Crippen molar-refractivity contribution >= 4 is 17.8 Å². The summed E-state index contributed by atoms with van der Waals surface area (Å²) < 4.78 is 4.83. The lowest BCUT2D eigenvalue weighted by Gasteiger charge is -2.45. The van der Waals surface area contributed by atoms with Crippen LogP contribution in [-0.2, 0) is 24.0 Å². The number of rotatable bonds is 4. The first kappa shape index (κ1) is 17.1. The van der Waals surface area contributed by atoms with E-state index in [1.807, 2.05) is 48.5 Å². The molecule has 2 atom stereocenters. The number of benzene rings is 2. The highest BCUT2D eigenvalue weighted by Gasteiger charge is 2.62. The number of carbonyl (C=O) groups excluding carboxylic acids is 3. The van der Waals surface area contributed by atoms with E-state index in [4.69, 9.17) is 9.57 Å². The van der Waals surface area contributed by atoms with Crippen LogP contribution in [0.4, 0.5) is 0 Å². The van der Waals surface area contributed by atoms with E-state index in [1.165, 1.54) is 0 Å². The normalized spacial score (nSPS) is 26.7. The Balaban J connectivity index is 1.56. The third-order valence-corrected chi connectivity index (χ3v) is 6.02. The second-order valence-electron chi connectivity index (χ2n) is 7.31. The van der Waals surface area contributed by atoms with E-state index in [9.17, 15) is 14.4 Å². The summed E-state index contributed by atoms with van der Waals surface area (Å²) in [6, 6.07) is 16.0. The number of amides is 2. The number of carbonyl (C=O) groups is 3. The summed E-state index contributed by atoms with van der Waals surface area (Å²) in [4.78, 5) is 43.3. The van der Waals surface area contributed by atoms with E-state index >= 15 is 0 Å². The van der Waals surface area contributed by atoms with Gasteiger partial charge >= 0.3 is 5.97 Å². The van der Waals surface area contributed by atoms with Crippen molar-refractivity contribution in [2.45, 2.75) is 18.8 Å². The van der Waals surface area contributed by atoms with Gasteiger partial charge in [-0.15, -0.1) is 0 Å². The molecule has 0 N–H and O–H groups in total. The molecule has 0 saturated carbocycles.